The van der Waals surface area contributed by atoms with Crippen LogP contribution in [-0.4, -0.2) is 40.6 Å². The molecule has 0 fully saturated rings. The van der Waals surface area contributed by atoms with Gasteiger partial charge in [0.1, 0.15) is 0 Å². The number of carboxylic acids is 1. The number of carbonyl (C=O) groups excluding carboxylic acids is 1. The average molecular weight is 258 g/mol. The Morgan fingerprint density at radius 2 is 1.89 bits per heavy atom. The van der Waals surface area contributed by atoms with Crippen LogP contribution in [0, 0.1) is 5.92 Å². The van der Waals surface area contributed by atoms with E-state index in [0.29, 0.717) is 19.0 Å². The third kappa shape index (κ3) is 6.47. The standard InChI is InChI=1S/C13H26N2O3/c1-6-10(3)9-15(7-2)12(18)14-13(4,5)8-11(16)17/h10H,6-9H2,1-5H3,(H,14,18)(H,16,17). The third-order valence-corrected chi connectivity index (χ3v) is 2.94. The van der Waals surface area contributed by atoms with Gasteiger partial charge in [-0.2, -0.15) is 0 Å². The minimum Gasteiger partial charge on any atom is -0.481 e. The molecule has 0 saturated carbocycles. The Labute approximate surface area is 110 Å². The molecule has 1 unspecified atom stereocenters. The summed E-state index contributed by atoms with van der Waals surface area (Å²) in [5.41, 5.74) is -0.730. The van der Waals surface area contributed by atoms with Gasteiger partial charge >= 0.3 is 12.0 Å². The van der Waals surface area contributed by atoms with E-state index < -0.39 is 11.5 Å². The summed E-state index contributed by atoms with van der Waals surface area (Å²) in [6, 6.07) is -0.191. The highest BCUT2D eigenvalue weighted by Gasteiger charge is 2.26. The Balaban J connectivity index is 4.47. The summed E-state index contributed by atoms with van der Waals surface area (Å²) in [6.07, 6.45) is 0.932. The van der Waals surface area contributed by atoms with Crippen molar-refractivity contribution in [1.29, 1.82) is 0 Å². The zero-order valence-electron chi connectivity index (χ0n) is 12.1. The second-order valence-electron chi connectivity index (χ2n) is 5.44. The van der Waals surface area contributed by atoms with Crippen LogP contribution in [-0.2, 0) is 4.79 Å². The summed E-state index contributed by atoms with van der Waals surface area (Å²) in [5.74, 6) is -0.469. The van der Waals surface area contributed by atoms with Crippen LogP contribution >= 0.6 is 0 Å². The molecule has 0 bridgehead atoms. The molecule has 1 atom stereocenters. The van der Waals surface area contributed by atoms with Gasteiger partial charge in [-0.15, -0.1) is 0 Å². The predicted molar refractivity (Wildman–Crippen MR) is 71.6 cm³/mol. The molecule has 5 nitrogen and oxygen atoms in total. The molecule has 5 heteroatoms. The maximum atomic E-state index is 12.0. The van der Waals surface area contributed by atoms with Crippen molar-refractivity contribution in [2.24, 2.45) is 5.92 Å². The summed E-state index contributed by atoms with van der Waals surface area (Å²) in [5, 5.41) is 11.6. The van der Waals surface area contributed by atoms with E-state index in [-0.39, 0.29) is 12.5 Å². The molecular formula is C13H26N2O3. The zero-order valence-corrected chi connectivity index (χ0v) is 12.1. The molecule has 0 spiro atoms. The number of aliphatic carboxylic acids is 1. The summed E-state index contributed by atoms with van der Waals surface area (Å²) < 4.78 is 0. The van der Waals surface area contributed by atoms with Crippen molar-refractivity contribution in [2.75, 3.05) is 13.1 Å². The summed E-state index contributed by atoms with van der Waals surface area (Å²) in [7, 11) is 0. The lowest BCUT2D eigenvalue weighted by Crippen LogP contribution is -2.51. The number of urea groups is 1. The maximum Gasteiger partial charge on any atom is 0.317 e. The monoisotopic (exact) mass is 258 g/mol. The molecule has 2 amide bonds. The van der Waals surface area contributed by atoms with Crippen LogP contribution in [0.25, 0.3) is 0 Å². The van der Waals surface area contributed by atoms with Crippen molar-refractivity contribution in [3.8, 4) is 0 Å². The van der Waals surface area contributed by atoms with Gasteiger partial charge in [-0.05, 0) is 26.7 Å². The highest BCUT2D eigenvalue weighted by Crippen LogP contribution is 2.10. The first-order chi connectivity index (χ1) is 8.21. The fourth-order valence-electron chi connectivity index (χ4n) is 1.65. The largest absolute Gasteiger partial charge is 0.481 e. The van der Waals surface area contributed by atoms with Crippen LogP contribution in [0.3, 0.4) is 0 Å². The van der Waals surface area contributed by atoms with E-state index in [9.17, 15) is 9.59 Å². The van der Waals surface area contributed by atoms with Crippen molar-refractivity contribution in [3.05, 3.63) is 0 Å². The van der Waals surface area contributed by atoms with E-state index >= 15 is 0 Å². The fraction of sp³-hybridized carbons (Fsp3) is 0.846. The number of nitrogens with zero attached hydrogens (tertiary/aromatic N) is 1. The predicted octanol–water partition coefficient (Wildman–Crippen LogP) is 2.32. The molecule has 0 rings (SSSR count). The first-order valence-corrected chi connectivity index (χ1v) is 6.50. The van der Waals surface area contributed by atoms with E-state index in [0.717, 1.165) is 6.42 Å². The first-order valence-electron chi connectivity index (χ1n) is 6.50. The molecule has 2 N–H and O–H groups in total. The Kier molecular flexibility index (Phi) is 6.73. The summed E-state index contributed by atoms with van der Waals surface area (Å²) in [4.78, 5) is 24.5. The van der Waals surface area contributed by atoms with Gasteiger partial charge in [0.25, 0.3) is 0 Å². The minimum absolute atomic E-state index is 0.0837. The van der Waals surface area contributed by atoms with E-state index in [2.05, 4.69) is 19.2 Å². The molecule has 18 heavy (non-hydrogen) atoms. The second kappa shape index (κ2) is 7.24. The smallest absolute Gasteiger partial charge is 0.317 e. The van der Waals surface area contributed by atoms with Crippen molar-refractivity contribution in [3.63, 3.8) is 0 Å². The zero-order chi connectivity index (χ0) is 14.3. The lowest BCUT2D eigenvalue weighted by molar-refractivity contribution is -0.138. The third-order valence-electron chi connectivity index (χ3n) is 2.94. The fourth-order valence-corrected chi connectivity index (χ4v) is 1.65. The minimum atomic E-state index is -0.912. The lowest BCUT2D eigenvalue weighted by atomic mass is 10.0. The molecule has 0 aromatic carbocycles. The lowest BCUT2D eigenvalue weighted by Gasteiger charge is -2.30. The van der Waals surface area contributed by atoms with Crippen molar-refractivity contribution >= 4 is 12.0 Å². The molecule has 0 heterocycles. The number of hydrogen-bond donors (Lipinski definition) is 2. The number of carboxylic acid groups (broad SMARTS) is 1. The van der Waals surface area contributed by atoms with E-state index in [1.807, 2.05) is 6.92 Å². The molecule has 0 aliphatic heterocycles. The van der Waals surface area contributed by atoms with Crippen molar-refractivity contribution in [1.82, 2.24) is 10.2 Å². The van der Waals surface area contributed by atoms with Crippen LogP contribution < -0.4 is 5.32 Å². The van der Waals surface area contributed by atoms with Gasteiger partial charge in [-0.25, -0.2) is 4.79 Å². The summed E-state index contributed by atoms with van der Waals surface area (Å²) >= 11 is 0. The molecule has 0 aliphatic carbocycles. The molecule has 0 saturated heterocycles. The number of rotatable bonds is 7. The molecule has 0 radical (unpaired) electrons. The molecular weight excluding hydrogens is 232 g/mol. The molecule has 0 aromatic heterocycles. The van der Waals surface area contributed by atoms with Gasteiger partial charge in [0.05, 0.1) is 6.42 Å². The average Bonchev–Trinajstić information content (AvgIpc) is 2.22. The van der Waals surface area contributed by atoms with Crippen LogP contribution in [0.2, 0.25) is 0 Å². The topological polar surface area (TPSA) is 69.6 Å². The van der Waals surface area contributed by atoms with Crippen LogP contribution in [0.5, 0.6) is 0 Å². The Hall–Kier alpha value is -1.26. The van der Waals surface area contributed by atoms with Crippen LogP contribution in [0.15, 0.2) is 0 Å². The molecule has 106 valence electrons. The first kappa shape index (κ1) is 16.7. The highest BCUT2D eigenvalue weighted by molar-refractivity contribution is 5.76. The maximum absolute atomic E-state index is 12.0. The van der Waals surface area contributed by atoms with Gasteiger partial charge in [-0.1, -0.05) is 20.3 Å². The molecule has 0 aliphatic rings. The van der Waals surface area contributed by atoms with Crippen molar-refractivity contribution in [2.45, 2.75) is 53.0 Å². The van der Waals surface area contributed by atoms with Gasteiger partial charge in [-0.3, -0.25) is 4.79 Å². The van der Waals surface area contributed by atoms with Crippen LogP contribution in [0.1, 0.15) is 47.5 Å². The van der Waals surface area contributed by atoms with Gasteiger partial charge in [0.15, 0.2) is 0 Å². The van der Waals surface area contributed by atoms with E-state index in [4.69, 9.17) is 5.11 Å². The molecule has 0 aromatic rings. The number of amides is 2. The number of hydrogen-bond acceptors (Lipinski definition) is 2. The quantitative estimate of drug-likeness (QED) is 0.736. The SMILES string of the molecule is CCC(C)CN(CC)C(=O)NC(C)(C)CC(=O)O. The Morgan fingerprint density at radius 1 is 1.33 bits per heavy atom. The van der Waals surface area contributed by atoms with Gasteiger partial charge in [0.2, 0.25) is 0 Å². The van der Waals surface area contributed by atoms with E-state index in [1.54, 1.807) is 18.7 Å². The van der Waals surface area contributed by atoms with Gasteiger partial charge < -0.3 is 15.3 Å². The summed E-state index contributed by atoms with van der Waals surface area (Å²) in [6.45, 7) is 10.9. The van der Waals surface area contributed by atoms with Crippen LogP contribution in [0.4, 0.5) is 4.79 Å². The Morgan fingerprint density at radius 3 is 2.28 bits per heavy atom. The van der Waals surface area contributed by atoms with Crippen molar-refractivity contribution < 1.29 is 14.7 Å². The normalized spacial score (nSPS) is 12.9. The second-order valence-corrected chi connectivity index (χ2v) is 5.44. The van der Waals surface area contributed by atoms with E-state index in [1.165, 1.54) is 0 Å². The number of carbonyl (C=O) groups is 2. The number of nitrogens with one attached hydrogen (secondary N) is 1. The van der Waals surface area contributed by atoms with Gasteiger partial charge in [0, 0.05) is 18.6 Å². The highest BCUT2D eigenvalue weighted by atomic mass is 16.4. The Bertz CT molecular complexity index is 290.